The highest BCUT2D eigenvalue weighted by atomic mass is 32.2. The first-order valence-electron chi connectivity index (χ1n) is 3.77. The monoisotopic (exact) mass is 219 g/mol. The van der Waals surface area contributed by atoms with E-state index in [2.05, 4.69) is 4.36 Å². The van der Waals surface area contributed by atoms with Gasteiger partial charge in [0.1, 0.15) is 0 Å². The minimum absolute atomic E-state index is 0.00826. The number of carbonyl (C=O) groups is 2. The number of carboxylic acid groups (broad SMARTS) is 1. The van der Waals surface area contributed by atoms with Crippen molar-refractivity contribution in [3.63, 3.8) is 0 Å². The number of carboxylic acids is 1. The Morgan fingerprint density at radius 1 is 1.14 bits per heavy atom. The van der Waals surface area contributed by atoms with Gasteiger partial charge in [-0.3, -0.25) is 4.79 Å². The summed E-state index contributed by atoms with van der Waals surface area (Å²) < 4.78 is 14.5. The Hall–Kier alpha value is -1.17. The Balaban J connectivity index is 5.21. The molecule has 0 spiro atoms. The van der Waals surface area contributed by atoms with Crippen LogP contribution < -0.4 is 0 Å². The van der Waals surface area contributed by atoms with Crippen molar-refractivity contribution in [2.45, 2.75) is 13.8 Å². The molecular formula is C8H13NO4S. The number of hydrogen-bond donors (Lipinski definition) is 1. The highest BCUT2D eigenvalue weighted by Crippen LogP contribution is 2.06. The Morgan fingerprint density at radius 3 is 1.86 bits per heavy atom. The van der Waals surface area contributed by atoms with Gasteiger partial charge >= 0.3 is 5.97 Å². The van der Waals surface area contributed by atoms with Crippen LogP contribution in [0.4, 0.5) is 0 Å². The Labute approximate surface area is 83.0 Å². The van der Waals surface area contributed by atoms with E-state index in [1.54, 1.807) is 0 Å². The van der Waals surface area contributed by atoms with Crippen LogP contribution in [0.5, 0.6) is 0 Å². The molecule has 0 saturated heterocycles. The molecule has 0 aliphatic rings. The average Bonchev–Trinajstić information content (AvgIpc) is 1.98. The van der Waals surface area contributed by atoms with E-state index in [1.165, 1.54) is 26.4 Å². The number of hydrogen-bond acceptors (Lipinski definition) is 3. The number of rotatable bonds is 2. The summed E-state index contributed by atoms with van der Waals surface area (Å²) in [6.45, 7) is 2.65. The topological polar surface area (TPSA) is 83.8 Å². The van der Waals surface area contributed by atoms with Crippen LogP contribution in [0.1, 0.15) is 13.8 Å². The molecular weight excluding hydrogens is 206 g/mol. The summed E-state index contributed by atoms with van der Waals surface area (Å²) in [5, 5.41) is 8.58. The molecule has 0 aliphatic heterocycles. The Kier molecular flexibility index (Phi) is 4.00. The fourth-order valence-electron chi connectivity index (χ4n) is 0.589. The van der Waals surface area contributed by atoms with Crippen LogP contribution in [0, 0.1) is 0 Å². The third-order valence-electron chi connectivity index (χ3n) is 1.51. The highest BCUT2D eigenvalue weighted by molar-refractivity contribution is 7.92. The lowest BCUT2D eigenvalue weighted by Crippen LogP contribution is -2.07. The van der Waals surface area contributed by atoms with E-state index in [9.17, 15) is 13.8 Å². The molecule has 0 fully saturated rings. The Morgan fingerprint density at radius 2 is 1.57 bits per heavy atom. The first kappa shape index (κ1) is 12.8. The molecule has 6 heteroatoms. The molecule has 1 N–H and O–H groups in total. The zero-order valence-electron chi connectivity index (χ0n) is 8.53. The molecule has 0 bridgehead atoms. The van der Waals surface area contributed by atoms with Gasteiger partial charge in [0.2, 0.25) is 0 Å². The largest absolute Gasteiger partial charge is 0.478 e. The minimum Gasteiger partial charge on any atom is -0.478 e. The maximum atomic E-state index is 11.2. The maximum absolute atomic E-state index is 11.2. The molecule has 0 aromatic heterocycles. The summed E-state index contributed by atoms with van der Waals surface area (Å²) in [5.74, 6) is -1.91. The molecule has 0 atom stereocenters. The molecule has 0 unspecified atom stereocenters. The molecule has 14 heavy (non-hydrogen) atoms. The third kappa shape index (κ3) is 4.18. The second kappa shape index (κ2) is 4.36. The van der Waals surface area contributed by atoms with E-state index in [0.29, 0.717) is 0 Å². The quantitative estimate of drug-likeness (QED) is 0.691. The van der Waals surface area contributed by atoms with Crippen LogP contribution in [0.3, 0.4) is 0 Å². The summed E-state index contributed by atoms with van der Waals surface area (Å²) >= 11 is 0. The molecule has 0 saturated carbocycles. The summed E-state index contributed by atoms with van der Waals surface area (Å²) in [7, 11) is -2.53. The smallest absolute Gasteiger partial charge is 0.331 e. The molecule has 0 heterocycles. The van der Waals surface area contributed by atoms with Crippen LogP contribution in [0.25, 0.3) is 0 Å². The zero-order chi connectivity index (χ0) is 11.5. The van der Waals surface area contributed by atoms with Crippen molar-refractivity contribution >= 4 is 21.6 Å². The Bertz CT molecular complexity index is 405. The predicted octanol–water partition coefficient (Wildman–Crippen LogP) is 0.662. The van der Waals surface area contributed by atoms with E-state index in [0.717, 1.165) is 0 Å². The van der Waals surface area contributed by atoms with Crippen LogP contribution >= 0.6 is 0 Å². The van der Waals surface area contributed by atoms with Crippen LogP contribution in [0.15, 0.2) is 15.5 Å². The maximum Gasteiger partial charge on any atom is 0.331 e. The van der Waals surface area contributed by atoms with E-state index >= 15 is 0 Å². The average molecular weight is 219 g/mol. The van der Waals surface area contributed by atoms with Gasteiger partial charge in [0, 0.05) is 33.4 Å². The van der Waals surface area contributed by atoms with Crippen molar-refractivity contribution in [3.05, 3.63) is 11.1 Å². The molecule has 0 aliphatic carbocycles. The molecule has 5 nitrogen and oxygen atoms in total. The fraction of sp³-hybridized carbons (Fsp3) is 0.500. The fourth-order valence-corrected chi connectivity index (χ4v) is 1.13. The van der Waals surface area contributed by atoms with Gasteiger partial charge in [-0.1, -0.05) is 0 Å². The van der Waals surface area contributed by atoms with Gasteiger partial charge < -0.3 is 5.11 Å². The number of carbonyl (C=O) groups excluding carboxylic acids is 1. The van der Waals surface area contributed by atoms with E-state index in [1.807, 2.05) is 0 Å². The standard InChI is InChI=1S/C8H13NO4S/c1-5(6(2)8(11)12)7(10)9-14(3,4)13/h1-4H3,(H,11,12)/b6-5-. The van der Waals surface area contributed by atoms with Crippen molar-refractivity contribution in [1.82, 2.24) is 0 Å². The molecule has 1 amide bonds. The number of nitrogens with zero attached hydrogens (tertiary/aromatic N) is 1. The van der Waals surface area contributed by atoms with Gasteiger partial charge in [0.05, 0.1) is 0 Å². The second-order valence-corrected chi connectivity index (χ2v) is 5.68. The lowest BCUT2D eigenvalue weighted by atomic mass is 10.1. The molecule has 0 aromatic rings. The zero-order valence-corrected chi connectivity index (χ0v) is 9.34. The van der Waals surface area contributed by atoms with Gasteiger partial charge in [0.15, 0.2) is 0 Å². The van der Waals surface area contributed by atoms with Crippen LogP contribution in [0.2, 0.25) is 0 Å². The van der Waals surface area contributed by atoms with Crippen LogP contribution in [-0.2, 0) is 19.3 Å². The number of amides is 1. The molecule has 80 valence electrons. The van der Waals surface area contributed by atoms with Crippen molar-refractivity contribution in [2.75, 3.05) is 12.5 Å². The second-order valence-electron chi connectivity index (χ2n) is 3.13. The molecule has 0 rings (SSSR count). The van der Waals surface area contributed by atoms with Gasteiger partial charge in [-0.05, 0) is 13.8 Å². The van der Waals surface area contributed by atoms with Crippen LogP contribution in [-0.4, -0.2) is 33.7 Å². The first-order chi connectivity index (χ1) is 6.15. The summed E-state index contributed by atoms with van der Waals surface area (Å²) in [6, 6.07) is 0. The third-order valence-corrected chi connectivity index (χ3v) is 2.11. The summed E-state index contributed by atoms with van der Waals surface area (Å²) in [4.78, 5) is 21.7. The number of aliphatic carboxylic acids is 1. The molecule has 0 radical (unpaired) electrons. The summed E-state index contributed by atoms with van der Waals surface area (Å²) in [6.07, 6.45) is 2.63. The van der Waals surface area contributed by atoms with Crippen molar-refractivity contribution < 1.29 is 18.9 Å². The lowest BCUT2D eigenvalue weighted by Gasteiger charge is -1.99. The van der Waals surface area contributed by atoms with E-state index < -0.39 is 21.6 Å². The minimum atomic E-state index is -2.53. The lowest BCUT2D eigenvalue weighted by molar-refractivity contribution is -0.133. The van der Waals surface area contributed by atoms with Gasteiger partial charge in [-0.25, -0.2) is 9.00 Å². The predicted molar refractivity (Wildman–Crippen MR) is 53.4 cm³/mol. The van der Waals surface area contributed by atoms with Crippen molar-refractivity contribution in [3.8, 4) is 0 Å². The van der Waals surface area contributed by atoms with Gasteiger partial charge in [0.25, 0.3) is 5.91 Å². The van der Waals surface area contributed by atoms with E-state index in [-0.39, 0.29) is 11.1 Å². The van der Waals surface area contributed by atoms with Crippen molar-refractivity contribution in [1.29, 1.82) is 0 Å². The molecule has 0 aromatic carbocycles. The summed E-state index contributed by atoms with van der Waals surface area (Å²) in [5.41, 5.74) is -0.0728. The highest BCUT2D eigenvalue weighted by Gasteiger charge is 2.12. The van der Waals surface area contributed by atoms with Gasteiger partial charge in [-0.2, -0.15) is 4.36 Å². The van der Waals surface area contributed by atoms with Crippen molar-refractivity contribution in [2.24, 2.45) is 4.36 Å². The normalized spacial score (nSPS) is 13.1. The first-order valence-corrected chi connectivity index (χ1v) is 6.10. The SMILES string of the molecule is C/C(C(=O)O)=C(\C)C(=O)N=S(C)(C)=O. The van der Waals surface area contributed by atoms with E-state index in [4.69, 9.17) is 5.11 Å². The van der Waals surface area contributed by atoms with Gasteiger partial charge in [-0.15, -0.1) is 0 Å².